The monoisotopic (exact) mass is 384 g/mol. The third kappa shape index (κ3) is 4.12. The third-order valence-corrected chi connectivity index (χ3v) is 6.35. The van der Waals surface area contributed by atoms with E-state index in [1.165, 1.54) is 36.0 Å². The number of rotatable bonds is 4. The molecule has 148 valence electrons. The zero-order chi connectivity index (χ0) is 19.5. The second-order valence-electron chi connectivity index (χ2n) is 8.28. The Kier molecular flexibility index (Phi) is 5.16. The predicted octanol–water partition coefficient (Wildman–Crippen LogP) is 4.50. The van der Waals surface area contributed by atoms with E-state index < -0.39 is 0 Å². The molecule has 2 aliphatic heterocycles. The molecule has 4 nitrogen and oxygen atoms in total. The number of anilines is 2. The van der Waals surface area contributed by atoms with E-state index in [-0.39, 0.29) is 0 Å². The Morgan fingerprint density at radius 3 is 2.38 bits per heavy atom. The molecule has 0 bridgehead atoms. The van der Waals surface area contributed by atoms with Crippen molar-refractivity contribution in [3.8, 4) is 0 Å². The summed E-state index contributed by atoms with van der Waals surface area (Å²) in [4.78, 5) is 14.3. The number of aromatic nitrogens is 2. The fraction of sp³-hybridized carbons (Fsp3) is 0.360. The highest BCUT2D eigenvalue weighted by atomic mass is 15.3. The summed E-state index contributed by atoms with van der Waals surface area (Å²) in [7, 11) is 0. The highest BCUT2D eigenvalue weighted by molar-refractivity contribution is 5.46. The molecule has 0 aliphatic carbocycles. The average molecular weight is 385 g/mol. The number of hydrogen-bond donors (Lipinski definition) is 0. The molecule has 2 aromatic carbocycles. The van der Waals surface area contributed by atoms with Crippen LogP contribution in [-0.4, -0.2) is 29.6 Å². The number of hydrogen-bond acceptors (Lipinski definition) is 4. The summed E-state index contributed by atoms with van der Waals surface area (Å²) in [6.45, 7) is 4.05. The lowest BCUT2D eigenvalue weighted by Crippen LogP contribution is -2.36. The minimum absolute atomic E-state index is 0.772. The van der Waals surface area contributed by atoms with Crippen LogP contribution in [0, 0.1) is 5.92 Å². The first-order valence-corrected chi connectivity index (χ1v) is 10.8. The molecule has 3 aromatic rings. The molecule has 0 spiro atoms. The largest absolute Gasteiger partial charge is 0.356 e. The molecule has 2 aliphatic rings. The molecule has 1 saturated heterocycles. The van der Waals surface area contributed by atoms with Gasteiger partial charge in [0, 0.05) is 32.4 Å². The topological polar surface area (TPSA) is 32.3 Å². The molecule has 4 heteroatoms. The maximum atomic E-state index is 4.94. The molecule has 0 atom stereocenters. The molecule has 1 fully saturated rings. The predicted molar refractivity (Wildman–Crippen MR) is 118 cm³/mol. The van der Waals surface area contributed by atoms with Crippen molar-refractivity contribution in [1.82, 2.24) is 9.97 Å². The van der Waals surface area contributed by atoms with Gasteiger partial charge in [0.1, 0.15) is 5.82 Å². The van der Waals surface area contributed by atoms with Crippen molar-refractivity contribution in [2.24, 2.45) is 5.92 Å². The number of fused-ring (bicyclic) bond motifs is 1. The van der Waals surface area contributed by atoms with Gasteiger partial charge >= 0.3 is 0 Å². The van der Waals surface area contributed by atoms with Crippen molar-refractivity contribution in [3.63, 3.8) is 0 Å². The number of piperidine rings is 1. The summed E-state index contributed by atoms with van der Waals surface area (Å²) in [5.41, 5.74) is 4.32. The highest BCUT2D eigenvalue weighted by Gasteiger charge is 2.22. The van der Waals surface area contributed by atoms with Gasteiger partial charge in [0.2, 0.25) is 5.95 Å². The smallest absolute Gasteiger partial charge is 0.227 e. The zero-order valence-corrected chi connectivity index (χ0v) is 16.9. The summed E-state index contributed by atoms with van der Waals surface area (Å²) in [6.07, 6.45) is 6.64. The SMILES string of the molecule is c1ccc(CC2CCN(c3ccnc(N4CCc5ccccc5C4)n3)CC2)cc1. The molecule has 0 amide bonds. The normalized spacial score (nSPS) is 17.2. The Labute approximate surface area is 173 Å². The van der Waals surface area contributed by atoms with Crippen LogP contribution in [0.1, 0.15) is 29.5 Å². The average Bonchev–Trinajstić information content (AvgIpc) is 2.80. The van der Waals surface area contributed by atoms with Crippen molar-refractivity contribution in [3.05, 3.63) is 83.6 Å². The van der Waals surface area contributed by atoms with Crippen LogP contribution in [-0.2, 0) is 19.4 Å². The van der Waals surface area contributed by atoms with Gasteiger partial charge in [-0.2, -0.15) is 4.98 Å². The van der Waals surface area contributed by atoms with Gasteiger partial charge in [0.15, 0.2) is 0 Å². The standard InChI is InChI=1S/C25H28N4/c1-2-6-20(7-3-1)18-21-11-15-28(16-12-21)24-10-14-26-25(27-24)29-17-13-22-8-4-5-9-23(22)19-29/h1-10,14,21H,11-13,15-19H2. The second kappa shape index (κ2) is 8.24. The maximum absolute atomic E-state index is 4.94. The van der Waals surface area contributed by atoms with E-state index in [1.807, 2.05) is 6.20 Å². The molecular weight excluding hydrogens is 356 g/mol. The van der Waals surface area contributed by atoms with Crippen LogP contribution in [0.5, 0.6) is 0 Å². The Morgan fingerprint density at radius 2 is 1.55 bits per heavy atom. The summed E-state index contributed by atoms with van der Waals surface area (Å²) in [5, 5.41) is 0. The van der Waals surface area contributed by atoms with Crippen LogP contribution in [0.3, 0.4) is 0 Å². The van der Waals surface area contributed by atoms with E-state index >= 15 is 0 Å². The first-order valence-electron chi connectivity index (χ1n) is 10.8. The lowest BCUT2D eigenvalue weighted by Gasteiger charge is -2.34. The van der Waals surface area contributed by atoms with Crippen LogP contribution in [0.2, 0.25) is 0 Å². The van der Waals surface area contributed by atoms with Crippen LogP contribution in [0.4, 0.5) is 11.8 Å². The van der Waals surface area contributed by atoms with Gasteiger partial charge in [0.25, 0.3) is 0 Å². The minimum Gasteiger partial charge on any atom is -0.356 e. The summed E-state index contributed by atoms with van der Waals surface area (Å²) >= 11 is 0. The van der Waals surface area contributed by atoms with Gasteiger partial charge in [-0.25, -0.2) is 4.98 Å². The van der Waals surface area contributed by atoms with Crippen LogP contribution in [0.25, 0.3) is 0 Å². The van der Waals surface area contributed by atoms with Crippen molar-refractivity contribution < 1.29 is 0 Å². The van der Waals surface area contributed by atoms with Crippen molar-refractivity contribution in [2.75, 3.05) is 29.4 Å². The highest BCUT2D eigenvalue weighted by Crippen LogP contribution is 2.27. The number of benzene rings is 2. The van der Waals surface area contributed by atoms with Gasteiger partial charge in [-0.1, -0.05) is 54.6 Å². The first-order chi connectivity index (χ1) is 14.3. The summed E-state index contributed by atoms with van der Waals surface area (Å²) in [5.74, 6) is 2.71. The van der Waals surface area contributed by atoms with Crippen molar-refractivity contribution in [1.29, 1.82) is 0 Å². The van der Waals surface area contributed by atoms with Crippen LogP contribution >= 0.6 is 0 Å². The zero-order valence-electron chi connectivity index (χ0n) is 16.9. The summed E-state index contributed by atoms with van der Waals surface area (Å²) in [6, 6.07) is 21.7. The van der Waals surface area contributed by atoms with Gasteiger partial charge < -0.3 is 9.80 Å². The van der Waals surface area contributed by atoms with Gasteiger partial charge in [-0.3, -0.25) is 0 Å². The Morgan fingerprint density at radius 1 is 0.793 bits per heavy atom. The molecule has 0 radical (unpaired) electrons. The van der Waals surface area contributed by atoms with Crippen molar-refractivity contribution >= 4 is 11.8 Å². The fourth-order valence-corrected chi connectivity index (χ4v) is 4.65. The Bertz CT molecular complexity index is 948. The first kappa shape index (κ1) is 18.2. The quantitative estimate of drug-likeness (QED) is 0.663. The molecule has 1 aromatic heterocycles. The van der Waals surface area contributed by atoms with Gasteiger partial charge in [0.05, 0.1) is 0 Å². The third-order valence-electron chi connectivity index (χ3n) is 6.35. The molecule has 0 unspecified atom stereocenters. The molecule has 0 N–H and O–H groups in total. The summed E-state index contributed by atoms with van der Waals surface area (Å²) < 4.78 is 0. The van der Waals surface area contributed by atoms with E-state index in [4.69, 9.17) is 4.98 Å². The van der Waals surface area contributed by atoms with E-state index in [2.05, 4.69) is 75.4 Å². The van der Waals surface area contributed by atoms with Gasteiger partial charge in [-0.15, -0.1) is 0 Å². The molecule has 3 heterocycles. The van der Waals surface area contributed by atoms with E-state index in [9.17, 15) is 0 Å². The minimum atomic E-state index is 0.772. The molecular formula is C25H28N4. The maximum Gasteiger partial charge on any atom is 0.227 e. The van der Waals surface area contributed by atoms with Crippen LogP contribution < -0.4 is 9.80 Å². The van der Waals surface area contributed by atoms with E-state index in [0.717, 1.165) is 50.3 Å². The van der Waals surface area contributed by atoms with E-state index in [1.54, 1.807) is 0 Å². The van der Waals surface area contributed by atoms with Crippen molar-refractivity contribution in [2.45, 2.75) is 32.2 Å². The van der Waals surface area contributed by atoms with E-state index in [0.29, 0.717) is 0 Å². The van der Waals surface area contributed by atoms with Gasteiger partial charge in [-0.05, 0) is 54.4 Å². The molecule has 5 rings (SSSR count). The second-order valence-corrected chi connectivity index (χ2v) is 8.28. The lowest BCUT2D eigenvalue weighted by atomic mass is 9.90. The molecule has 29 heavy (non-hydrogen) atoms. The van der Waals surface area contributed by atoms with Crippen LogP contribution in [0.15, 0.2) is 66.9 Å². The number of nitrogens with zero attached hydrogens (tertiary/aromatic N) is 4. The fourth-order valence-electron chi connectivity index (χ4n) is 4.65. The Balaban J connectivity index is 1.23. The molecule has 0 saturated carbocycles. The lowest BCUT2D eigenvalue weighted by molar-refractivity contribution is 0.402. The Hall–Kier alpha value is -2.88.